The molecule has 0 aromatic carbocycles. The van der Waals surface area contributed by atoms with Crippen LogP contribution in [-0.4, -0.2) is 49.3 Å². The first-order valence-corrected chi connectivity index (χ1v) is 8.04. The van der Waals surface area contributed by atoms with E-state index in [1.54, 1.807) is 7.11 Å². The number of piperidine rings is 1. The number of hydrogen-bond donors (Lipinski definition) is 0. The van der Waals surface area contributed by atoms with Crippen molar-refractivity contribution < 1.29 is 14.3 Å². The Kier molecular flexibility index (Phi) is 5.85. The molecule has 4 heteroatoms. The summed E-state index contributed by atoms with van der Waals surface area (Å²) in [4.78, 5) is 14.2. The first-order chi connectivity index (χ1) is 9.60. The van der Waals surface area contributed by atoms with Gasteiger partial charge in [-0.15, -0.1) is 0 Å². The molecule has 4 atom stereocenters. The van der Waals surface area contributed by atoms with Gasteiger partial charge in [-0.05, 0) is 38.5 Å². The normalized spacial score (nSPS) is 35.0. The Balaban J connectivity index is 1.74. The van der Waals surface area contributed by atoms with Crippen LogP contribution >= 0.6 is 0 Å². The Hall–Kier alpha value is -0.610. The molecule has 1 amide bonds. The second-order valence-electron chi connectivity index (χ2n) is 6.52. The summed E-state index contributed by atoms with van der Waals surface area (Å²) < 4.78 is 11.2. The molecule has 0 aromatic heterocycles. The zero-order valence-corrected chi connectivity index (χ0v) is 13.1. The van der Waals surface area contributed by atoms with Crippen LogP contribution in [0.25, 0.3) is 0 Å². The lowest BCUT2D eigenvalue weighted by molar-refractivity contribution is -0.144. The maximum atomic E-state index is 12.3. The van der Waals surface area contributed by atoms with Crippen molar-refractivity contribution >= 4 is 5.91 Å². The summed E-state index contributed by atoms with van der Waals surface area (Å²) in [7, 11) is 1.75. The molecule has 2 rings (SSSR count). The minimum Gasteiger partial charge on any atom is -0.381 e. The van der Waals surface area contributed by atoms with Crippen molar-refractivity contribution in [2.24, 2.45) is 5.92 Å². The number of carbonyl (C=O) groups is 1. The van der Waals surface area contributed by atoms with Crippen LogP contribution in [0.2, 0.25) is 0 Å². The molecule has 0 radical (unpaired) electrons. The van der Waals surface area contributed by atoms with Crippen LogP contribution in [0.15, 0.2) is 0 Å². The SMILES string of the molecule is CO[C@@H]1CCN(C(=O)CO[C@@H]2CCC[C@H](C)C2)[C@H](C)C1. The summed E-state index contributed by atoms with van der Waals surface area (Å²) in [6.07, 6.45) is 7.21. The smallest absolute Gasteiger partial charge is 0.248 e. The van der Waals surface area contributed by atoms with E-state index in [0.29, 0.717) is 6.10 Å². The fourth-order valence-electron chi connectivity index (χ4n) is 3.52. The number of ether oxygens (including phenoxy) is 2. The van der Waals surface area contributed by atoms with Crippen LogP contribution < -0.4 is 0 Å². The van der Waals surface area contributed by atoms with Gasteiger partial charge in [0.15, 0.2) is 0 Å². The summed E-state index contributed by atoms with van der Waals surface area (Å²) >= 11 is 0. The van der Waals surface area contributed by atoms with Gasteiger partial charge in [-0.3, -0.25) is 4.79 Å². The first-order valence-electron chi connectivity index (χ1n) is 8.04. The number of nitrogens with zero attached hydrogens (tertiary/aromatic N) is 1. The molecule has 0 N–H and O–H groups in total. The topological polar surface area (TPSA) is 38.8 Å². The first kappa shape index (κ1) is 15.8. The van der Waals surface area contributed by atoms with Crippen molar-refractivity contribution in [3.8, 4) is 0 Å². The van der Waals surface area contributed by atoms with E-state index in [9.17, 15) is 4.79 Å². The molecule has 1 aliphatic carbocycles. The second-order valence-corrected chi connectivity index (χ2v) is 6.52. The van der Waals surface area contributed by atoms with Gasteiger partial charge in [-0.25, -0.2) is 0 Å². The molecular formula is C16H29NO3. The van der Waals surface area contributed by atoms with Gasteiger partial charge >= 0.3 is 0 Å². The highest BCUT2D eigenvalue weighted by molar-refractivity contribution is 5.77. The largest absolute Gasteiger partial charge is 0.381 e. The highest BCUT2D eigenvalue weighted by Gasteiger charge is 2.29. The molecule has 2 aliphatic rings. The zero-order chi connectivity index (χ0) is 14.5. The summed E-state index contributed by atoms with van der Waals surface area (Å²) in [5.41, 5.74) is 0. The van der Waals surface area contributed by atoms with Gasteiger partial charge in [0.25, 0.3) is 0 Å². The van der Waals surface area contributed by atoms with Crippen LogP contribution in [0.5, 0.6) is 0 Å². The molecule has 0 unspecified atom stereocenters. The van der Waals surface area contributed by atoms with Gasteiger partial charge in [-0.2, -0.15) is 0 Å². The molecule has 0 spiro atoms. The van der Waals surface area contributed by atoms with Crippen LogP contribution in [0.1, 0.15) is 52.4 Å². The van der Waals surface area contributed by atoms with E-state index in [4.69, 9.17) is 9.47 Å². The molecule has 20 heavy (non-hydrogen) atoms. The lowest BCUT2D eigenvalue weighted by Crippen LogP contribution is -2.48. The minimum absolute atomic E-state index is 0.144. The molecular weight excluding hydrogens is 254 g/mol. The summed E-state index contributed by atoms with van der Waals surface area (Å²) in [5.74, 6) is 0.880. The second kappa shape index (κ2) is 7.41. The summed E-state index contributed by atoms with van der Waals surface area (Å²) in [6, 6.07) is 0.259. The third-order valence-electron chi connectivity index (χ3n) is 4.81. The summed E-state index contributed by atoms with van der Waals surface area (Å²) in [5, 5.41) is 0. The van der Waals surface area contributed by atoms with Crippen LogP contribution in [0.4, 0.5) is 0 Å². The van der Waals surface area contributed by atoms with E-state index in [2.05, 4.69) is 13.8 Å². The minimum atomic E-state index is 0.144. The fourth-order valence-corrected chi connectivity index (χ4v) is 3.52. The number of rotatable bonds is 4. The average molecular weight is 283 g/mol. The number of amides is 1. The molecule has 0 bridgehead atoms. The Bertz CT molecular complexity index is 321. The van der Waals surface area contributed by atoms with Crippen molar-refractivity contribution in [3.05, 3.63) is 0 Å². The van der Waals surface area contributed by atoms with Crippen molar-refractivity contribution in [1.82, 2.24) is 4.90 Å². The predicted molar refractivity (Wildman–Crippen MR) is 78.6 cm³/mol. The molecule has 1 heterocycles. The molecule has 1 aliphatic heterocycles. The van der Waals surface area contributed by atoms with Crippen LogP contribution in [-0.2, 0) is 14.3 Å². The molecule has 4 nitrogen and oxygen atoms in total. The van der Waals surface area contributed by atoms with E-state index in [-0.39, 0.29) is 24.7 Å². The van der Waals surface area contributed by atoms with Crippen molar-refractivity contribution in [2.75, 3.05) is 20.3 Å². The van der Waals surface area contributed by atoms with E-state index in [1.165, 1.54) is 12.8 Å². The number of methoxy groups -OCH3 is 1. The molecule has 116 valence electrons. The van der Waals surface area contributed by atoms with E-state index < -0.39 is 0 Å². The van der Waals surface area contributed by atoms with Crippen LogP contribution in [0.3, 0.4) is 0 Å². The van der Waals surface area contributed by atoms with Crippen molar-refractivity contribution in [3.63, 3.8) is 0 Å². The van der Waals surface area contributed by atoms with E-state index >= 15 is 0 Å². The van der Waals surface area contributed by atoms with Gasteiger partial charge in [0.05, 0.1) is 12.2 Å². The Morgan fingerprint density at radius 1 is 1.15 bits per heavy atom. The van der Waals surface area contributed by atoms with Gasteiger partial charge in [0, 0.05) is 19.7 Å². The highest BCUT2D eigenvalue weighted by Crippen LogP contribution is 2.26. The fraction of sp³-hybridized carbons (Fsp3) is 0.938. The lowest BCUT2D eigenvalue weighted by Gasteiger charge is -2.37. The molecule has 0 aromatic rings. The Labute approximate surface area is 122 Å². The van der Waals surface area contributed by atoms with Gasteiger partial charge in [0.2, 0.25) is 5.91 Å². The van der Waals surface area contributed by atoms with Gasteiger partial charge < -0.3 is 14.4 Å². The summed E-state index contributed by atoms with van der Waals surface area (Å²) in [6.45, 7) is 5.42. The lowest BCUT2D eigenvalue weighted by atomic mass is 9.89. The third kappa shape index (κ3) is 4.19. The van der Waals surface area contributed by atoms with Crippen molar-refractivity contribution in [1.29, 1.82) is 0 Å². The average Bonchev–Trinajstić information content (AvgIpc) is 2.44. The molecule has 1 saturated heterocycles. The van der Waals surface area contributed by atoms with E-state index in [0.717, 1.165) is 38.1 Å². The standard InChI is InChI=1S/C16H29NO3/c1-12-5-4-6-15(9-12)20-11-16(18)17-8-7-14(19-3)10-13(17)2/h12-15H,4-11H2,1-3H3/t12-,13+,14+,15+/m0/s1. The number of hydrogen-bond acceptors (Lipinski definition) is 3. The van der Waals surface area contributed by atoms with Gasteiger partial charge in [-0.1, -0.05) is 19.8 Å². The maximum absolute atomic E-state index is 12.3. The molecule has 2 fully saturated rings. The highest BCUT2D eigenvalue weighted by atomic mass is 16.5. The monoisotopic (exact) mass is 283 g/mol. The van der Waals surface area contributed by atoms with Crippen molar-refractivity contribution in [2.45, 2.75) is 70.6 Å². The Morgan fingerprint density at radius 2 is 1.95 bits per heavy atom. The number of carbonyl (C=O) groups excluding carboxylic acids is 1. The number of likely N-dealkylation sites (tertiary alicyclic amines) is 1. The van der Waals surface area contributed by atoms with Crippen LogP contribution in [0, 0.1) is 5.92 Å². The zero-order valence-electron chi connectivity index (χ0n) is 13.1. The quantitative estimate of drug-likeness (QED) is 0.796. The third-order valence-corrected chi connectivity index (χ3v) is 4.81. The molecule has 1 saturated carbocycles. The van der Waals surface area contributed by atoms with Gasteiger partial charge in [0.1, 0.15) is 6.61 Å². The predicted octanol–water partition coefficient (Wildman–Crippen LogP) is 2.61. The Morgan fingerprint density at radius 3 is 2.60 bits per heavy atom. The van der Waals surface area contributed by atoms with E-state index in [1.807, 2.05) is 4.90 Å². The maximum Gasteiger partial charge on any atom is 0.248 e.